The molecule has 0 saturated carbocycles. The molecule has 2 saturated heterocycles. The van der Waals surface area contributed by atoms with Gasteiger partial charge in [0.25, 0.3) is 5.91 Å². The summed E-state index contributed by atoms with van der Waals surface area (Å²) < 4.78 is 0. The summed E-state index contributed by atoms with van der Waals surface area (Å²) in [6, 6.07) is 0.646. The van der Waals surface area contributed by atoms with Gasteiger partial charge in [-0.3, -0.25) is 9.89 Å². The quantitative estimate of drug-likeness (QED) is 0.863. The molecule has 1 aromatic heterocycles. The van der Waals surface area contributed by atoms with E-state index in [-0.39, 0.29) is 5.91 Å². The van der Waals surface area contributed by atoms with E-state index in [1.165, 1.54) is 32.4 Å². The lowest BCUT2D eigenvalue weighted by Crippen LogP contribution is -2.48. The molecule has 0 aromatic carbocycles. The highest BCUT2D eigenvalue weighted by atomic mass is 16.2. The number of nitrogens with zero attached hydrogens (tertiary/aromatic N) is 3. The molecule has 1 aromatic rings. The van der Waals surface area contributed by atoms with Crippen LogP contribution in [0.2, 0.25) is 0 Å². The summed E-state index contributed by atoms with van der Waals surface area (Å²) in [5.41, 5.74) is 7.53. The second-order valence-electron chi connectivity index (χ2n) is 6.23. The van der Waals surface area contributed by atoms with Crippen molar-refractivity contribution in [3.63, 3.8) is 0 Å². The van der Waals surface area contributed by atoms with E-state index in [4.69, 9.17) is 5.73 Å². The molecule has 2 aliphatic rings. The highest BCUT2D eigenvalue weighted by Crippen LogP contribution is 2.23. The van der Waals surface area contributed by atoms with Crippen molar-refractivity contribution in [3.8, 4) is 0 Å². The average molecular weight is 291 g/mol. The minimum Gasteiger partial charge on any atom is -0.395 e. The van der Waals surface area contributed by atoms with Gasteiger partial charge in [0.05, 0.1) is 11.4 Å². The standard InChI is InChI=1S/C15H25N5O/c1-11-13(16)14(18-17-11)15(21)20-9-5-12(6-10-20)19-7-3-2-4-8-19/h12H,2-10,16H2,1H3,(H,17,18). The Bertz CT molecular complexity index is 498. The van der Waals surface area contributed by atoms with E-state index >= 15 is 0 Å². The molecular weight excluding hydrogens is 266 g/mol. The highest BCUT2D eigenvalue weighted by molar-refractivity contribution is 5.97. The number of likely N-dealkylation sites (tertiary alicyclic amines) is 2. The molecule has 0 spiro atoms. The van der Waals surface area contributed by atoms with Crippen molar-refractivity contribution in [2.45, 2.75) is 45.1 Å². The monoisotopic (exact) mass is 291 g/mol. The van der Waals surface area contributed by atoms with Crippen molar-refractivity contribution in [1.82, 2.24) is 20.0 Å². The molecule has 2 fully saturated rings. The van der Waals surface area contributed by atoms with E-state index in [9.17, 15) is 4.79 Å². The molecule has 3 N–H and O–H groups in total. The van der Waals surface area contributed by atoms with Gasteiger partial charge in [0.15, 0.2) is 5.69 Å². The number of carbonyl (C=O) groups excluding carboxylic acids is 1. The number of hydrogen-bond donors (Lipinski definition) is 2. The van der Waals surface area contributed by atoms with Gasteiger partial charge in [-0.15, -0.1) is 0 Å². The van der Waals surface area contributed by atoms with Crippen LogP contribution in [0.3, 0.4) is 0 Å². The van der Waals surface area contributed by atoms with Crippen molar-refractivity contribution in [2.24, 2.45) is 0 Å². The van der Waals surface area contributed by atoms with Crippen LogP contribution >= 0.6 is 0 Å². The van der Waals surface area contributed by atoms with Gasteiger partial charge in [0, 0.05) is 19.1 Å². The van der Waals surface area contributed by atoms with E-state index in [2.05, 4.69) is 15.1 Å². The lowest BCUT2D eigenvalue weighted by Gasteiger charge is -2.40. The molecule has 6 heteroatoms. The summed E-state index contributed by atoms with van der Waals surface area (Å²) in [5, 5.41) is 6.83. The first-order valence-electron chi connectivity index (χ1n) is 8.00. The second kappa shape index (κ2) is 6.05. The van der Waals surface area contributed by atoms with E-state index in [0.717, 1.165) is 31.6 Å². The SMILES string of the molecule is Cc1[nH]nc(C(=O)N2CCC(N3CCCCC3)CC2)c1N. The third-order valence-corrected chi connectivity index (χ3v) is 4.86. The number of nitrogen functional groups attached to an aromatic ring is 1. The molecule has 116 valence electrons. The number of carbonyl (C=O) groups is 1. The lowest BCUT2D eigenvalue weighted by molar-refractivity contribution is 0.0585. The molecule has 2 aliphatic heterocycles. The van der Waals surface area contributed by atoms with Crippen LogP contribution < -0.4 is 5.73 Å². The van der Waals surface area contributed by atoms with Crippen molar-refractivity contribution < 1.29 is 4.79 Å². The number of hydrogen-bond acceptors (Lipinski definition) is 4. The number of aromatic amines is 1. The molecule has 0 atom stereocenters. The fourth-order valence-corrected chi connectivity index (χ4v) is 3.47. The zero-order valence-corrected chi connectivity index (χ0v) is 12.8. The topological polar surface area (TPSA) is 78.2 Å². The van der Waals surface area contributed by atoms with Crippen LogP contribution in [0.4, 0.5) is 5.69 Å². The number of amides is 1. The number of piperidine rings is 2. The molecule has 3 rings (SSSR count). The van der Waals surface area contributed by atoms with Crippen LogP contribution in [0.1, 0.15) is 48.3 Å². The smallest absolute Gasteiger partial charge is 0.276 e. The number of aromatic nitrogens is 2. The minimum absolute atomic E-state index is 0.0334. The van der Waals surface area contributed by atoms with E-state index in [0.29, 0.717) is 17.4 Å². The minimum atomic E-state index is -0.0334. The fraction of sp³-hybridized carbons (Fsp3) is 0.733. The number of anilines is 1. The Morgan fingerprint density at radius 2 is 1.86 bits per heavy atom. The third-order valence-electron chi connectivity index (χ3n) is 4.86. The molecule has 0 unspecified atom stereocenters. The number of aryl methyl sites for hydroxylation is 1. The molecule has 3 heterocycles. The fourth-order valence-electron chi connectivity index (χ4n) is 3.47. The van der Waals surface area contributed by atoms with Crippen molar-refractivity contribution in [3.05, 3.63) is 11.4 Å². The zero-order chi connectivity index (χ0) is 14.8. The maximum Gasteiger partial charge on any atom is 0.276 e. The Kier molecular flexibility index (Phi) is 4.14. The van der Waals surface area contributed by atoms with Crippen LogP contribution in [0, 0.1) is 6.92 Å². The van der Waals surface area contributed by atoms with Crippen LogP contribution in [-0.4, -0.2) is 58.1 Å². The second-order valence-corrected chi connectivity index (χ2v) is 6.23. The van der Waals surface area contributed by atoms with Gasteiger partial charge in [-0.1, -0.05) is 6.42 Å². The van der Waals surface area contributed by atoms with Crippen molar-refractivity contribution in [1.29, 1.82) is 0 Å². The molecule has 21 heavy (non-hydrogen) atoms. The van der Waals surface area contributed by atoms with Gasteiger partial charge in [-0.2, -0.15) is 5.10 Å². The number of nitrogens with two attached hydrogens (primary N) is 1. The first kappa shape index (κ1) is 14.4. The highest BCUT2D eigenvalue weighted by Gasteiger charge is 2.29. The Hall–Kier alpha value is -1.56. The number of rotatable bonds is 2. The van der Waals surface area contributed by atoms with Crippen molar-refractivity contribution in [2.75, 3.05) is 31.9 Å². The summed E-state index contributed by atoms with van der Waals surface area (Å²) in [7, 11) is 0. The summed E-state index contributed by atoms with van der Waals surface area (Å²) >= 11 is 0. The van der Waals surface area contributed by atoms with E-state index < -0.39 is 0 Å². The molecule has 1 amide bonds. The molecular formula is C15H25N5O. The molecule has 0 radical (unpaired) electrons. The first-order chi connectivity index (χ1) is 10.2. The van der Waals surface area contributed by atoms with Gasteiger partial charge in [-0.05, 0) is 45.7 Å². The van der Waals surface area contributed by atoms with Crippen LogP contribution in [0.25, 0.3) is 0 Å². The Labute approximate surface area is 125 Å². The molecule has 0 bridgehead atoms. The van der Waals surface area contributed by atoms with Crippen molar-refractivity contribution >= 4 is 11.6 Å². The first-order valence-corrected chi connectivity index (χ1v) is 8.00. The maximum atomic E-state index is 12.5. The van der Waals surface area contributed by atoms with Gasteiger partial charge in [-0.25, -0.2) is 0 Å². The Morgan fingerprint density at radius 1 is 1.19 bits per heavy atom. The third kappa shape index (κ3) is 2.90. The van der Waals surface area contributed by atoms with Gasteiger partial charge in [0.2, 0.25) is 0 Å². The lowest BCUT2D eigenvalue weighted by atomic mass is 9.99. The average Bonchev–Trinajstić information content (AvgIpc) is 2.87. The van der Waals surface area contributed by atoms with E-state index in [1.807, 2.05) is 11.8 Å². The zero-order valence-electron chi connectivity index (χ0n) is 12.8. The van der Waals surface area contributed by atoms with Crippen LogP contribution in [-0.2, 0) is 0 Å². The van der Waals surface area contributed by atoms with Crippen LogP contribution in [0.15, 0.2) is 0 Å². The van der Waals surface area contributed by atoms with Gasteiger partial charge >= 0.3 is 0 Å². The number of H-pyrrole nitrogens is 1. The van der Waals surface area contributed by atoms with Crippen LogP contribution in [0.5, 0.6) is 0 Å². The Balaban J connectivity index is 1.58. The Morgan fingerprint density at radius 3 is 2.43 bits per heavy atom. The summed E-state index contributed by atoms with van der Waals surface area (Å²) in [4.78, 5) is 17.0. The predicted molar refractivity (Wildman–Crippen MR) is 82.1 cm³/mol. The van der Waals surface area contributed by atoms with Gasteiger partial charge in [0.1, 0.15) is 0 Å². The molecule has 0 aliphatic carbocycles. The molecule has 6 nitrogen and oxygen atoms in total. The number of nitrogens with one attached hydrogen (secondary N) is 1. The maximum absolute atomic E-state index is 12.5. The van der Waals surface area contributed by atoms with Gasteiger partial charge < -0.3 is 15.5 Å². The summed E-state index contributed by atoms with van der Waals surface area (Å²) in [5.74, 6) is -0.0334. The summed E-state index contributed by atoms with van der Waals surface area (Å²) in [6.45, 7) is 5.91. The predicted octanol–water partition coefficient (Wildman–Crippen LogP) is 1.39. The normalized spacial score (nSPS) is 21.7. The summed E-state index contributed by atoms with van der Waals surface area (Å²) in [6.07, 6.45) is 6.14. The largest absolute Gasteiger partial charge is 0.395 e. The van der Waals surface area contributed by atoms with E-state index in [1.54, 1.807) is 0 Å².